The van der Waals surface area contributed by atoms with Crippen LogP contribution in [0.3, 0.4) is 0 Å². The summed E-state index contributed by atoms with van der Waals surface area (Å²) < 4.78 is 7.35. The number of aromatic nitrogens is 4. The molecular weight excluding hydrogens is 314 g/mol. The first-order valence-electron chi connectivity index (χ1n) is 8.75. The van der Waals surface area contributed by atoms with Crippen LogP contribution in [0.25, 0.3) is 11.4 Å². The summed E-state index contributed by atoms with van der Waals surface area (Å²) in [6.07, 6.45) is 5.69. The minimum Gasteiger partial charge on any atom is -0.339 e. The van der Waals surface area contributed by atoms with Crippen molar-refractivity contribution >= 4 is 0 Å². The molecule has 25 heavy (non-hydrogen) atoms. The maximum Gasteiger partial charge on any atom is 0.227 e. The Bertz CT molecular complexity index is 780. The average molecular weight is 339 g/mol. The fourth-order valence-corrected chi connectivity index (χ4v) is 2.69. The number of hydrogen-bond donors (Lipinski definition) is 1. The van der Waals surface area contributed by atoms with Gasteiger partial charge in [0.25, 0.3) is 0 Å². The molecule has 3 aromatic rings. The topological polar surface area (TPSA) is 68.8 Å². The number of benzene rings is 1. The maximum absolute atomic E-state index is 5.34. The van der Waals surface area contributed by atoms with Gasteiger partial charge >= 0.3 is 0 Å². The number of nitrogens with one attached hydrogen (secondary N) is 1. The van der Waals surface area contributed by atoms with Crippen LogP contribution < -0.4 is 5.32 Å². The number of aryl methyl sites for hydroxylation is 2. The predicted molar refractivity (Wildman–Crippen MR) is 97.2 cm³/mol. The van der Waals surface area contributed by atoms with Crippen molar-refractivity contribution in [3.8, 4) is 11.4 Å². The van der Waals surface area contributed by atoms with Crippen LogP contribution in [-0.4, -0.2) is 32.5 Å². The third-order valence-electron chi connectivity index (χ3n) is 4.41. The summed E-state index contributed by atoms with van der Waals surface area (Å²) in [4.78, 5) is 4.46. The van der Waals surface area contributed by atoms with Gasteiger partial charge in [-0.25, -0.2) is 0 Å². The molecule has 0 aliphatic carbocycles. The molecule has 0 amide bonds. The van der Waals surface area contributed by atoms with Gasteiger partial charge in [0.1, 0.15) is 0 Å². The zero-order valence-corrected chi connectivity index (χ0v) is 15.0. The molecule has 0 unspecified atom stereocenters. The summed E-state index contributed by atoms with van der Waals surface area (Å²) in [7, 11) is 0. The van der Waals surface area contributed by atoms with Gasteiger partial charge in [0.05, 0.1) is 12.2 Å². The molecule has 2 atom stereocenters. The first kappa shape index (κ1) is 17.4. The van der Waals surface area contributed by atoms with Crippen LogP contribution in [0, 0.1) is 6.92 Å². The summed E-state index contributed by atoms with van der Waals surface area (Å²) in [6.45, 7) is 7.31. The monoisotopic (exact) mass is 339 g/mol. The molecule has 0 aliphatic heterocycles. The average Bonchev–Trinajstić information content (AvgIpc) is 3.28. The van der Waals surface area contributed by atoms with E-state index in [1.54, 1.807) is 0 Å². The summed E-state index contributed by atoms with van der Waals surface area (Å²) >= 11 is 0. The molecule has 0 radical (unpaired) electrons. The van der Waals surface area contributed by atoms with Gasteiger partial charge in [-0.15, -0.1) is 0 Å². The van der Waals surface area contributed by atoms with Crippen LogP contribution in [0.15, 0.2) is 47.2 Å². The van der Waals surface area contributed by atoms with Gasteiger partial charge in [-0.3, -0.25) is 4.68 Å². The van der Waals surface area contributed by atoms with Crippen LogP contribution in [0.4, 0.5) is 0 Å². The van der Waals surface area contributed by atoms with Gasteiger partial charge < -0.3 is 9.84 Å². The second-order valence-corrected chi connectivity index (χ2v) is 6.46. The Balaban J connectivity index is 1.43. The quantitative estimate of drug-likeness (QED) is 0.637. The molecule has 0 aliphatic rings. The van der Waals surface area contributed by atoms with Crippen molar-refractivity contribution in [1.82, 2.24) is 25.2 Å². The molecule has 132 valence electrons. The highest BCUT2D eigenvalue weighted by atomic mass is 16.5. The zero-order valence-electron chi connectivity index (χ0n) is 15.0. The van der Waals surface area contributed by atoms with Crippen LogP contribution in [0.2, 0.25) is 0 Å². The lowest BCUT2D eigenvalue weighted by Crippen LogP contribution is -2.34. The van der Waals surface area contributed by atoms with E-state index in [9.17, 15) is 0 Å². The SMILES string of the molecule is Cc1cnn([C@@H](C)[C@@H](C)NCCCc2nc(-c3ccccc3)no2)c1. The van der Waals surface area contributed by atoms with E-state index < -0.39 is 0 Å². The Morgan fingerprint density at radius 1 is 1.20 bits per heavy atom. The van der Waals surface area contributed by atoms with Gasteiger partial charge in [-0.2, -0.15) is 10.1 Å². The van der Waals surface area contributed by atoms with Crippen LogP contribution >= 0.6 is 0 Å². The Kier molecular flexibility index (Phi) is 5.60. The Morgan fingerprint density at radius 2 is 2.00 bits per heavy atom. The highest BCUT2D eigenvalue weighted by molar-refractivity contribution is 5.53. The third-order valence-corrected chi connectivity index (χ3v) is 4.41. The van der Waals surface area contributed by atoms with E-state index in [-0.39, 0.29) is 0 Å². The van der Waals surface area contributed by atoms with Crippen molar-refractivity contribution in [2.45, 2.75) is 45.7 Å². The molecule has 1 N–H and O–H groups in total. The highest BCUT2D eigenvalue weighted by Crippen LogP contribution is 2.15. The minimum atomic E-state index is 0.307. The van der Waals surface area contributed by atoms with Crippen molar-refractivity contribution in [2.24, 2.45) is 0 Å². The van der Waals surface area contributed by atoms with E-state index in [1.807, 2.05) is 41.2 Å². The van der Waals surface area contributed by atoms with E-state index in [2.05, 4.69) is 47.5 Å². The van der Waals surface area contributed by atoms with E-state index in [4.69, 9.17) is 4.52 Å². The molecule has 0 saturated heterocycles. The van der Waals surface area contributed by atoms with Crippen molar-refractivity contribution < 1.29 is 4.52 Å². The molecular formula is C19H25N5O. The fourth-order valence-electron chi connectivity index (χ4n) is 2.69. The molecule has 0 fully saturated rings. The zero-order chi connectivity index (χ0) is 17.6. The first-order valence-corrected chi connectivity index (χ1v) is 8.75. The Morgan fingerprint density at radius 3 is 2.72 bits per heavy atom. The van der Waals surface area contributed by atoms with Gasteiger partial charge in [-0.1, -0.05) is 35.5 Å². The summed E-state index contributed by atoms with van der Waals surface area (Å²) in [5.74, 6) is 1.34. The van der Waals surface area contributed by atoms with Crippen molar-refractivity contribution in [2.75, 3.05) is 6.54 Å². The third kappa shape index (κ3) is 4.54. The van der Waals surface area contributed by atoms with Crippen LogP contribution in [0.5, 0.6) is 0 Å². The Hall–Kier alpha value is -2.47. The molecule has 6 heteroatoms. The molecule has 2 heterocycles. The van der Waals surface area contributed by atoms with Crippen LogP contribution in [-0.2, 0) is 6.42 Å². The van der Waals surface area contributed by atoms with Gasteiger partial charge in [0, 0.05) is 24.2 Å². The van der Waals surface area contributed by atoms with Crippen LogP contribution in [0.1, 0.15) is 37.8 Å². The smallest absolute Gasteiger partial charge is 0.227 e. The summed E-state index contributed by atoms with van der Waals surface area (Å²) in [6, 6.07) is 10.5. The van der Waals surface area contributed by atoms with E-state index in [0.717, 1.165) is 24.9 Å². The number of nitrogens with zero attached hydrogens (tertiary/aromatic N) is 4. The lowest BCUT2D eigenvalue weighted by atomic mass is 10.1. The standard InChI is InChI=1S/C19H25N5O/c1-14-12-21-24(13-14)16(3)15(2)20-11-7-10-18-22-19(23-25-18)17-8-5-4-6-9-17/h4-6,8-9,12-13,15-16,20H,7,10-11H2,1-3H3/t15-,16+/m1/s1. The van der Waals surface area contributed by atoms with E-state index in [0.29, 0.717) is 23.8 Å². The second kappa shape index (κ2) is 8.07. The molecule has 0 spiro atoms. The molecule has 6 nitrogen and oxygen atoms in total. The van der Waals surface area contributed by atoms with E-state index in [1.165, 1.54) is 5.56 Å². The second-order valence-electron chi connectivity index (χ2n) is 6.46. The van der Waals surface area contributed by atoms with Crippen molar-refractivity contribution in [3.05, 3.63) is 54.2 Å². The highest BCUT2D eigenvalue weighted by Gasteiger charge is 2.14. The van der Waals surface area contributed by atoms with Crippen molar-refractivity contribution in [3.63, 3.8) is 0 Å². The fraction of sp³-hybridized carbons (Fsp3) is 0.421. The molecule has 1 aromatic carbocycles. The molecule has 0 saturated carbocycles. The summed E-state index contributed by atoms with van der Waals surface area (Å²) in [5.41, 5.74) is 2.16. The first-order chi connectivity index (χ1) is 12.1. The molecule has 3 rings (SSSR count). The molecule has 0 bridgehead atoms. The minimum absolute atomic E-state index is 0.307. The predicted octanol–water partition coefficient (Wildman–Crippen LogP) is 3.41. The lowest BCUT2D eigenvalue weighted by Gasteiger charge is -2.21. The largest absolute Gasteiger partial charge is 0.339 e. The maximum atomic E-state index is 5.34. The van der Waals surface area contributed by atoms with Crippen molar-refractivity contribution in [1.29, 1.82) is 0 Å². The van der Waals surface area contributed by atoms with Gasteiger partial charge in [-0.05, 0) is 39.3 Å². The summed E-state index contributed by atoms with van der Waals surface area (Å²) in [5, 5.41) is 12.0. The number of rotatable bonds is 8. The number of hydrogen-bond acceptors (Lipinski definition) is 5. The Labute approximate surface area is 148 Å². The van der Waals surface area contributed by atoms with Gasteiger partial charge in [0.15, 0.2) is 0 Å². The normalized spacial score (nSPS) is 13.7. The molecule has 2 aromatic heterocycles. The lowest BCUT2D eigenvalue weighted by molar-refractivity contribution is 0.353. The van der Waals surface area contributed by atoms with E-state index >= 15 is 0 Å². The van der Waals surface area contributed by atoms with Gasteiger partial charge in [0.2, 0.25) is 11.7 Å².